The van der Waals surface area contributed by atoms with Gasteiger partial charge in [-0.15, -0.1) is 6.42 Å². The lowest BCUT2D eigenvalue weighted by Crippen LogP contribution is -2.08. The summed E-state index contributed by atoms with van der Waals surface area (Å²) in [6.45, 7) is 0. The van der Waals surface area contributed by atoms with Crippen LogP contribution in [0.15, 0.2) is 18.5 Å². The molecule has 0 amide bonds. The van der Waals surface area contributed by atoms with Crippen LogP contribution in [-0.2, 0) is 0 Å². The van der Waals surface area contributed by atoms with Gasteiger partial charge in [0.05, 0.1) is 0 Å². The van der Waals surface area contributed by atoms with E-state index in [0.29, 0.717) is 0 Å². The van der Waals surface area contributed by atoms with Crippen LogP contribution in [0.3, 0.4) is 0 Å². The molecule has 1 aliphatic carbocycles. The Bertz CT molecular complexity index is 318. The van der Waals surface area contributed by atoms with Gasteiger partial charge in [-0.05, 0) is 30.4 Å². The molecule has 0 aromatic carbocycles. The van der Waals surface area contributed by atoms with Crippen LogP contribution in [0.5, 0.6) is 0 Å². The molecule has 1 heterocycles. The van der Waals surface area contributed by atoms with Gasteiger partial charge in [-0.2, -0.15) is 0 Å². The van der Waals surface area contributed by atoms with Crippen molar-refractivity contribution in [3.05, 3.63) is 29.6 Å². The Morgan fingerprint density at radius 1 is 1.42 bits per heavy atom. The molecule has 0 bridgehead atoms. The molecule has 1 aromatic rings. The van der Waals surface area contributed by atoms with Crippen LogP contribution in [0.25, 0.3) is 0 Å². The van der Waals surface area contributed by atoms with Crippen molar-refractivity contribution in [1.82, 2.24) is 4.98 Å². The highest BCUT2D eigenvalue weighted by atomic mass is 14.6. The van der Waals surface area contributed by atoms with E-state index in [9.17, 15) is 0 Å². The van der Waals surface area contributed by atoms with Crippen molar-refractivity contribution < 1.29 is 0 Å². The lowest BCUT2D eigenvalue weighted by atomic mass is 9.80. The quantitative estimate of drug-likeness (QED) is 0.570. The zero-order chi connectivity index (χ0) is 8.39. The lowest BCUT2D eigenvalue weighted by molar-refractivity contribution is 0.419. The van der Waals surface area contributed by atoms with E-state index in [4.69, 9.17) is 6.42 Å². The number of terminal acetylenes is 1. The molecule has 1 aliphatic rings. The van der Waals surface area contributed by atoms with Crippen molar-refractivity contribution >= 4 is 0 Å². The van der Waals surface area contributed by atoms with Crippen LogP contribution in [0.2, 0.25) is 0 Å². The normalized spacial score (nSPS) is 16.6. The minimum atomic E-state index is 0.728. The smallest absolute Gasteiger partial charge is 0.0428 e. The molecule has 0 radical (unpaired) electrons. The second-order valence-electron chi connectivity index (χ2n) is 3.28. The number of hydrogen-bond donors (Lipinski definition) is 0. The van der Waals surface area contributed by atoms with Gasteiger partial charge in [0, 0.05) is 18.0 Å². The summed E-state index contributed by atoms with van der Waals surface area (Å²) in [7, 11) is 0. The average molecular weight is 157 g/mol. The van der Waals surface area contributed by atoms with E-state index in [1.165, 1.54) is 24.8 Å². The van der Waals surface area contributed by atoms with Crippen molar-refractivity contribution in [2.24, 2.45) is 0 Å². The van der Waals surface area contributed by atoms with E-state index >= 15 is 0 Å². The monoisotopic (exact) mass is 157 g/mol. The summed E-state index contributed by atoms with van der Waals surface area (Å²) >= 11 is 0. The minimum Gasteiger partial charge on any atom is -0.263 e. The third-order valence-electron chi connectivity index (χ3n) is 2.50. The first-order chi connectivity index (χ1) is 5.90. The van der Waals surface area contributed by atoms with E-state index in [1.54, 1.807) is 6.20 Å². The summed E-state index contributed by atoms with van der Waals surface area (Å²) < 4.78 is 0. The Balaban J connectivity index is 2.27. The summed E-state index contributed by atoms with van der Waals surface area (Å²) in [6.07, 6.45) is 12.9. The molecule has 0 unspecified atom stereocenters. The van der Waals surface area contributed by atoms with Crippen LogP contribution in [0, 0.1) is 12.3 Å². The number of aromatic nitrogens is 1. The van der Waals surface area contributed by atoms with Gasteiger partial charge >= 0.3 is 0 Å². The molecular formula is C11H11N. The van der Waals surface area contributed by atoms with E-state index < -0.39 is 0 Å². The Morgan fingerprint density at radius 2 is 2.25 bits per heavy atom. The highest BCUT2D eigenvalue weighted by Crippen LogP contribution is 2.35. The van der Waals surface area contributed by atoms with Gasteiger partial charge in [0.25, 0.3) is 0 Å². The van der Waals surface area contributed by atoms with Crippen molar-refractivity contribution in [2.45, 2.75) is 25.2 Å². The molecule has 1 nitrogen and oxygen atoms in total. The predicted octanol–water partition coefficient (Wildman–Crippen LogP) is 2.33. The molecule has 12 heavy (non-hydrogen) atoms. The van der Waals surface area contributed by atoms with Gasteiger partial charge in [0.2, 0.25) is 0 Å². The number of hydrogen-bond acceptors (Lipinski definition) is 1. The minimum absolute atomic E-state index is 0.728. The molecule has 1 saturated carbocycles. The van der Waals surface area contributed by atoms with E-state index in [-0.39, 0.29) is 0 Å². The van der Waals surface area contributed by atoms with E-state index in [0.717, 1.165) is 11.5 Å². The second-order valence-corrected chi connectivity index (χ2v) is 3.28. The highest BCUT2D eigenvalue weighted by Gasteiger charge is 2.19. The summed E-state index contributed by atoms with van der Waals surface area (Å²) in [4.78, 5) is 4.12. The van der Waals surface area contributed by atoms with Crippen molar-refractivity contribution in [1.29, 1.82) is 0 Å². The molecule has 2 rings (SSSR count). The topological polar surface area (TPSA) is 12.9 Å². The van der Waals surface area contributed by atoms with Gasteiger partial charge < -0.3 is 0 Å². The maximum Gasteiger partial charge on any atom is 0.0428 e. The van der Waals surface area contributed by atoms with Crippen molar-refractivity contribution in [3.63, 3.8) is 0 Å². The third-order valence-corrected chi connectivity index (χ3v) is 2.50. The molecule has 0 atom stereocenters. The largest absolute Gasteiger partial charge is 0.263 e. The fraction of sp³-hybridized carbons (Fsp3) is 0.364. The van der Waals surface area contributed by atoms with Gasteiger partial charge in [-0.3, -0.25) is 4.98 Å². The molecule has 60 valence electrons. The highest BCUT2D eigenvalue weighted by molar-refractivity contribution is 5.33. The summed E-state index contributed by atoms with van der Waals surface area (Å²) in [5.74, 6) is 3.34. The van der Waals surface area contributed by atoms with Crippen LogP contribution < -0.4 is 0 Å². The fourth-order valence-electron chi connectivity index (χ4n) is 1.50. The SMILES string of the molecule is C#Cc1cncc(C2CCC2)c1. The third kappa shape index (κ3) is 1.21. The summed E-state index contributed by atoms with van der Waals surface area (Å²) in [5.41, 5.74) is 2.22. The lowest BCUT2D eigenvalue weighted by Gasteiger charge is -2.25. The maximum atomic E-state index is 5.29. The second kappa shape index (κ2) is 2.98. The Kier molecular flexibility index (Phi) is 1.83. The molecule has 1 aromatic heterocycles. The summed E-state index contributed by atoms with van der Waals surface area (Å²) in [6, 6.07) is 2.08. The average Bonchev–Trinajstić information content (AvgIpc) is 2.02. The van der Waals surface area contributed by atoms with Crippen molar-refractivity contribution in [2.75, 3.05) is 0 Å². The molecular weight excluding hydrogens is 146 g/mol. The molecule has 0 aliphatic heterocycles. The first-order valence-corrected chi connectivity index (χ1v) is 4.31. The van der Waals surface area contributed by atoms with E-state index in [1.807, 2.05) is 6.20 Å². The number of nitrogens with zero attached hydrogens (tertiary/aromatic N) is 1. The number of pyridine rings is 1. The van der Waals surface area contributed by atoms with Crippen LogP contribution in [0.1, 0.15) is 36.3 Å². The molecule has 1 heteroatoms. The molecule has 0 N–H and O–H groups in total. The Labute approximate surface area is 72.8 Å². The zero-order valence-electron chi connectivity index (χ0n) is 6.96. The van der Waals surface area contributed by atoms with Crippen LogP contribution >= 0.6 is 0 Å². The van der Waals surface area contributed by atoms with Crippen molar-refractivity contribution in [3.8, 4) is 12.3 Å². The molecule has 1 fully saturated rings. The molecule has 0 saturated heterocycles. The first-order valence-electron chi connectivity index (χ1n) is 4.31. The van der Waals surface area contributed by atoms with Gasteiger partial charge in [0.15, 0.2) is 0 Å². The molecule has 0 spiro atoms. The summed E-state index contributed by atoms with van der Waals surface area (Å²) in [5, 5.41) is 0. The van der Waals surface area contributed by atoms with Gasteiger partial charge in [0.1, 0.15) is 0 Å². The van der Waals surface area contributed by atoms with E-state index in [2.05, 4.69) is 17.0 Å². The Hall–Kier alpha value is -1.29. The predicted molar refractivity (Wildman–Crippen MR) is 48.8 cm³/mol. The zero-order valence-corrected chi connectivity index (χ0v) is 6.96. The van der Waals surface area contributed by atoms with Crippen LogP contribution in [0.4, 0.5) is 0 Å². The maximum absolute atomic E-state index is 5.29. The standard InChI is InChI=1S/C11H11N/c1-2-9-6-11(8-12-7-9)10-4-3-5-10/h1,6-8,10H,3-5H2. The van der Waals surface area contributed by atoms with Crippen LogP contribution in [-0.4, -0.2) is 4.98 Å². The van der Waals surface area contributed by atoms with Gasteiger partial charge in [-0.25, -0.2) is 0 Å². The first kappa shape index (κ1) is 7.36. The fourth-order valence-corrected chi connectivity index (χ4v) is 1.50. The Morgan fingerprint density at radius 3 is 2.83 bits per heavy atom. The van der Waals surface area contributed by atoms with Gasteiger partial charge in [-0.1, -0.05) is 12.3 Å². The number of rotatable bonds is 1.